The summed E-state index contributed by atoms with van der Waals surface area (Å²) in [5, 5.41) is 0.147. The molecule has 0 atom stereocenters. The summed E-state index contributed by atoms with van der Waals surface area (Å²) in [5.74, 6) is -2.53. The van der Waals surface area contributed by atoms with E-state index in [1.165, 1.54) is 25.1 Å². The molecule has 98 valence electrons. The lowest BCUT2D eigenvalue weighted by atomic mass is 10.00. The first kappa shape index (κ1) is 14.2. The minimum Gasteiger partial charge on any atom is -0.288 e. The van der Waals surface area contributed by atoms with Crippen molar-refractivity contribution in [3.63, 3.8) is 0 Å². The van der Waals surface area contributed by atoms with Crippen LogP contribution in [-0.4, -0.2) is 5.78 Å². The topological polar surface area (TPSA) is 17.1 Å². The molecule has 0 bridgehead atoms. The largest absolute Gasteiger partial charge is 0.288 e. The van der Waals surface area contributed by atoms with Gasteiger partial charge in [0.05, 0.1) is 10.6 Å². The van der Waals surface area contributed by atoms with Crippen molar-refractivity contribution in [2.24, 2.45) is 0 Å². The number of hydrogen-bond donors (Lipinski definition) is 0. The number of ketones is 1. The number of benzene rings is 2. The van der Waals surface area contributed by atoms with Crippen molar-refractivity contribution in [2.45, 2.75) is 6.92 Å². The zero-order valence-electron chi connectivity index (χ0n) is 9.81. The fourth-order valence-electron chi connectivity index (χ4n) is 1.67. The molecule has 0 spiro atoms. The van der Waals surface area contributed by atoms with Gasteiger partial charge in [-0.15, -0.1) is 0 Å². The molecule has 0 amide bonds. The molecule has 0 unspecified atom stereocenters. The maximum Gasteiger partial charge on any atom is 0.200 e. The van der Waals surface area contributed by atoms with Crippen LogP contribution in [0.5, 0.6) is 0 Å². The molecule has 0 heterocycles. The zero-order chi connectivity index (χ0) is 14.2. The lowest BCUT2D eigenvalue weighted by molar-refractivity contribution is 0.103. The van der Waals surface area contributed by atoms with Crippen molar-refractivity contribution >= 4 is 33.3 Å². The predicted octanol–water partition coefficient (Wildman–Crippen LogP) is 4.92. The lowest BCUT2D eigenvalue weighted by Crippen LogP contribution is -2.09. The van der Waals surface area contributed by atoms with E-state index in [1.54, 1.807) is 6.07 Å². The molecule has 1 nitrogen and oxygen atoms in total. The molecule has 2 aromatic rings. The highest BCUT2D eigenvalue weighted by atomic mass is 79.9. The van der Waals surface area contributed by atoms with Crippen molar-refractivity contribution in [3.8, 4) is 0 Å². The summed E-state index contributed by atoms with van der Waals surface area (Å²) in [6.07, 6.45) is 0. The SMILES string of the molecule is Cc1ccc(F)c(C(=O)c2cc(Br)ccc2Cl)c1F. The van der Waals surface area contributed by atoms with Crippen LogP contribution in [0, 0.1) is 18.6 Å². The molecule has 0 radical (unpaired) electrons. The molecule has 0 aliphatic rings. The smallest absolute Gasteiger partial charge is 0.200 e. The second-order valence-electron chi connectivity index (χ2n) is 4.01. The molecule has 0 fully saturated rings. The number of halogens is 4. The average Bonchev–Trinajstić information content (AvgIpc) is 2.37. The zero-order valence-corrected chi connectivity index (χ0v) is 12.1. The van der Waals surface area contributed by atoms with E-state index in [4.69, 9.17) is 11.6 Å². The highest BCUT2D eigenvalue weighted by molar-refractivity contribution is 9.10. The molecule has 0 aliphatic heterocycles. The molecule has 2 rings (SSSR count). The maximum absolute atomic E-state index is 13.9. The Bertz CT molecular complexity index is 671. The van der Waals surface area contributed by atoms with E-state index < -0.39 is 23.0 Å². The maximum atomic E-state index is 13.9. The lowest BCUT2D eigenvalue weighted by Gasteiger charge is -2.08. The van der Waals surface area contributed by atoms with Crippen LogP contribution in [0.25, 0.3) is 0 Å². The Morgan fingerprint density at radius 1 is 1.21 bits per heavy atom. The number of carbonyl (C=O) groups excluding carboxylic acids is 1. The molecular formula is C14H8BrClF2O. The monoisotopic (exact) mass is 344 g/mol. The highest BCUT2D eigenvalue weighted by Crippen LogP contribution is 2.26. The Balaban J connectivity index is 2.63. The minimum atomic E-state index is -0.899. The first-order valence-corrected chi connectivity index (χ1v) is 6.53. The van der Waals surface area contributed by atoms with Crippen LogP contribution >= 0.6 is 27.5 Å². The van der Waals surface area contributed by atoms with Gasteiger partial charge in [-0.2, -0.15) is 0 Å². The standard InChI is InChI=1S/C14H8BrClF2O/c1-7-2-5-11(17)12(13(7)18)14(19)9-6-8(15)3-4-10(9)16/h2-6H,1H3. The van der Waals surface area contributed by atoms with Crippen LogP contribution < -0.4 is 0 Å². The molecule has 0 N–H and O–H groups in total. The van der Waals surface area contributed by atoms with Gasteiger partial charge in [0.1, 0.15) is 11.6 Å². The molecule has 5 heteroatoms. The van der Waals surface area contributed by atoms with Gasteiger partial charge in [-0.25, -0.2) is 8.78 Å². The fourth-order valence-corrected chi connectivity index (χ4v) is 2.24. The Labute approximate surface area is 122 Å². The van der Waals surface area contributed by atoms with Gasteiger partial charge in [0.25, 0.3) is 0 Å². The summed E-state index contributed by atoms with van der Waals surface area (Å²) in [6.45, 7) is 1.47. The highest BCUT2D eigenvalue weighted by Gasteiger charge is 2.22. The predicted molar refractivity (Wildman–Crippen MR) is 73.7 cm³/mol. The van der Waals surface area contributed by atoms with E-state index >= 15 is 0 Å². The van der Waals surface area contributed by atoms with Crippen LogP contribution in [0.1, 0.15) is 21.5 Å². The molecule has 0 saturated carbocycles. The Kier molecular flexibility index (Phi) is 4.02. The van der Waals surface area contributed by atoms with Gasteiger partial charge >= 0.3 is 0 Å². The van der Waals surface area contributed by atoms with Gasteiger partial charge in [-0.3, -0.25) is 4.79 Å². The molecular weight excluding hydrogens is 338 g/mol. The molecule has 19 heavy (non-hydrogen) atoms. The molecule has 2 aromatic carbocycles. The summed E-state index contributed by atoms with van der Waals surface area (Å²) in [6, 6.07) is 6.92. The third-order valence-corrected chi connectivity index (χ3v) is 3.51. The second kappa shape index (κ2) is 5.39. The van der Waals surface area contributed by atoms with Gasteiger partial charge in [0.15, 0.2) is 5.78 Å². The summed E-state index contributed by atoms with van der Waals surface area (Å²) in [5.41, 5.74) is -0.324. The summed E-state index contributed by atoms with van der Waals surface area (Å²) < 4.78 is 28.2. The number of carbonyl (C=O) groups is 1. The number of hydrogen-bond acceptors (Lipinski definition) is 1. The van der Waals surface area contributed by atoms with Crippen molar-refractivity contribution < 1.29 is 13.6 Å². The Morgan fingerprint density at radius 2 is 1.89 bits per heavy atom. The molecule has 0 saturated heterocycles. The summed E-state index contributed by atoms with van der Waals surface area (Å²) in [7, 11) is 0. The number of rotatable bonds is 2. The van der Waals surface area contributed by atoms with Crippen LogP contribution in [0.3, 0.4) is 0 Å². The van der Waals surface area contributed by atoms with E-state index in [9.17, 15) is 13.6 Å². The van der Waals surface area contributed by atoms with Crippen molar-refractivity contribution in [3.05, 3.63) is 68.2 Å². The fraction of sp³-hybridized carbons (Fsp3) is 0.0714. The van der Waals surface area contributed by atoms with E-state index in [-0.39, 0.29) is 16.1 Å². The van der Waals surface area contributed by atoms with Crippen molar-refractivity contribution in [2.75, 3.05) is 0 Å². The van der Waals surface area contributed by atoms with Crippen LogP contribution in [0.2, 0.25) is 5.02 Å². The average molecular weight is 346 g/mol. The van der Waals surface area contributed by atoms with Gasteiger partial charge in [-0.1, -0.05) is 33.6 Å². The second-order valence-corrected chi connectivity index (χ2v) is 5.33. The van der Waals surface area contributed by atoms with E-state index in [0.29, 0.717) is 4.47 Å². The van der Waals surface area contributed by atoms with Gasteiger partial charge in [0, 0.05) is 10.0 Å². The first-order chi connectivity index (χ1) is 8.91. The summed E-state index contributed by atoms with van der Waals surface area (Å²) in [4.78, 5) is 12.2. The van der Waals surface area contributed by atoms with E-state index in [0.717, 1.165) is 6.07 Å². The normalized spacial score (nSPS) is 10.6. The quantitative estimate of drug-likeness (QED) is 0.706. The van der Waals surface area contributed by atoms with Crippen LogP contribution in [-0.2, 0) is 0 Å². The van der Waals surface area contributed by atoms with E-state index in [2.05, 4.69) is 15.9 Å². The van der Waals surface area contributed by atoms with Crippen molar-refractivity contribution in [1.82, 2.24) is 0 Å². The van der Waals surface area contributed by atoms with Gasteiger partial charge in [-0.05, 0) is 36.8 Å². The Morgan fingerprint density at radius 3 is 2.58 bits per heavy atom. The Hall–Kier alpha value is -1.26. The minimum absolute atomic E-state index is 0.0550. The van der Waals surface area contributed by atoms with Crippen LogP contribution in [0.4, 0.5) is 8.78 Å². The van der Waals surface area contributed by atoms with E-state index in [1.807, 2.05) is 0 Å². The van der Waals surface area contributed by atoms with Gasteiger partial charge < -0.3 is 0 Å². The van der Waals surface area contributed by atoms with Crippen molar-refractivity contribution in [1.29, 1.82) is 0 Å². The van der Waals surface area contributed by atoms with Gasteiger partial charge in [0.2, 0.25) is 0 Å². The summed E-state index contributed by atoms with van der Waals surface area (Å²) >= 11 is 9.09. The number of aryl methyl sites for hydroxylation is 1. The third-order valence-electron chi connectivity index (χ3n) is 2.68. The molecule has 0 aliphatic carbocycles. The third kappa shape index (κ3) is 2.69. The van der Waals surface area contributed by atoms with Crippen LogP contribution in [0.15, 0.2) is 34.8 Å². The molecule has 0 aromatic heterocycles. The first-order valence-electron chi connectivity index (χ1n) is 5.36.